The van der Waals surface area contributed by atoms with E-state index in [9.17, 15) is 9.59 Å². The van der Waals surface area contributed by atoms with Crippen molar-refractivity contribution in [3.63, 3.8) is 0 Å². The number of carbonyl (C=O) groups is 2. The number of hydrogen-bond acceptors (Lipinski definition) is 7. The fourth-order valence-corrected chi connectivity index (χ4v) is 4.16. The van der Waals surface area contributed by atoms with Crippen LogP contribution in [0.15, 0.2) is 40.7 Å². The first-order valence-corrected chi connectivity index (χ1v) is 9.87. The van der Waals surface area contributed by atoms with Crippen LogP contribution in [0.3, 0.4) is 0 Å². The van der Waals surface area contributed by atoms with Crippen LogP contribution in [0.4, 0.5) is 0 Å². The van der Waals surface area contributed by atoms with Gasteiger partial charge in [-0.2, -0.15) is 4.99 Å². The fourth-order valence-electron chi connectivity index (χ4n) is 2.50. The molecule has 0 aliphatic rings. The second-order valence-corrected chi connectivity index (χ2v) is 7.51. The van der Waals surface area contributed by atoms with Crippen LogP contribution in [-0.4, -0.2) is 37.8 Å². The minimum atomic E-state index is -0.447. The molecular weight excluding hydrogens is 400 g/mol. The normalized spacial score (nSPS) is 11.9. The van der Waals surface area contributed by atoms with Gasteiger partial charge in [0, 0.05) is 23.1 Å². The summed E-state index contributed by atoms with van der Waals surface area (Å²) in [7, 11) is 4.39. The van der Waals surface area contributed by atoms with Crippen LogP contribution in [0, 0.1) is 0 Å². The predicted molar refractivity (Wildman–Crippen MR) is 109 cm³/mol. The predicted octanol–water partition coefficient (Wildman–Crippen LogP) is 3.10. The Balaban J connectivity index is 2.09. The van der Waals surface area contributed by atoms with Crippen molar-refractivity contribution in [1.82, 2.24) is 4.57 Å². The van der Waals surface area contributed by atoms with Crippen LogP contribution in [0.5, 0.6) is 11.5 Å². The van der Waals surface area contributed by atoms with E-state index in [1.54, 1.807) is 29.9 Å². The molecule has 7 nitrogen and oxygen atoms in total. The van der Waals surface area contributed by atoms with Gasteiger partial charge in [-0.25, -0.2) is 0 Å². The number of amides is 1. The summed E-state index contributed by atoms with van der Waals surface area (Å²) < 4.78 is 17.9. The molecule has 0 fully saturated rings. The van der Waals surface area contributed by atoms with E-state index >= 15 is 0 Å². The smallest absolute Gasteiger partial charge is 0.325 e. The van der Waals surface area contributed by atoms with Crippen molar-refractivity contribution >= 4 is 50.8 Å². The van der Waals surface area contributed by atoms with Crippen LogP contribution < -0.4 is 14.3 Å². The first-order chi connectivity index (χ1) is 13.5. The van der Waals surface area contributed by atoms with Gasteiger partial charge in [0.15, 0.2) is 16.3 Å². The topological polar surface area (TPSA) is 79.1 Å². The average molecular weight is 418 g/mol. The molecule has 3 rings (SSSR count). The van der Waals surface area contributed by atoms with Crippen molar-refractivity contribution in [2.45, 2.75) is 6.54 Å². The van der Waals surface area contributed by atoms with Gasteiger partial charge in [-0.1, -0.05) is 17.4 Å². The van der Waals surface area contributed by atoms with Gasteiger partial charge in [-0.05, 0) is 17.5 Å². The summed E-state index contributed by atoms with van der Waals surface area (Å²) in [5.41, 5.74) is 0.696. The number of esters is 1. The first-order valence-electron chi connectivity index (χ1n) is 8.18. The van der Waals surface area contributed by atoms with Gasteiger partial charge in [0.05, 0.1) is 31.5 Å². The largest absolute Gasteiger partial charge is 0.493 e. The summed E-state index contributed by atoms with van der Waals surface area (Å²) in [5, 5.41) is 1.93. The van der Waals surface area contributed by atoms with Crippen LogP contribution in [0.2, 0.25) is 0 Å². The molecule has 0 saturated carbocycles. The van der Waals surface area contributed by atoms with Crippen molar-refractivity contribution in [2.75, 3.05) is 21.3 Å². The number of hydrogen-bond donors (Lipinski definition) is 0. The van der Waals surface area contributed by atoms with Gasteiger partial charge < -0.3 is 18.8 Å². The zero-order chi connectivity index (χ0) is 20.1. The minimum Gasteiger partial charge on any atom is -0.493 e. The number of nitrogens with zero attached hydrogens (tertiary/aromatic N) is 2. The van der Waals surface area contributed by atoms with Crippen LogP contribution in [0.25, 0.3) is 16.3 Å². The number of aromatic nitrogens is 1. The van der Waals surface area contributed by atoms with Crippen molar-refractivity contribution < 1.29 is 23.8 Å². The molecule has 2 heterocycles. The lowest BCUT2D eigenvalue weighted by atomic mass is 10.3. The zero-order valence-electron chi connectivity index (χ0n) is 15.5. The van der Waals surface area contributed by atoms with Gasteiger partial charge in [-0.15, -0.1) is 11.3 Å². The SMILES string of the molecule is COC(=O)Cn1c(=NC(=O)/C=C/c2cccs2)sc2cc(OC)c(OC)cc21. The maximum absolute atomic E-state index is 12.3. The average Bonchev–Trinajstić information content (AvgIpc) is 3.33. The van der Waals surface area contributed by atoms with Crippen LogP contribution >= 0.6 is 22.7 Å². The maximum atomic E-state index is 12.3. The molecule has 146 valence electrons. The Morgan fingerprint density at radius 3 is 2.57 bits per heavy atom. The van der Waals surface area contributed by atoms with Crippen LogP contribution in [-0.2, 0) is 20.9 Å². The molecule has 0 N–H and O–H groups in total. The Bertz CT molecular complexity index is 1090. The molecule has 0 aliphatic carbocycles. The number of benzene rings is 1. The standard InChI is InChI=1S/C19H18N2O5S2/c1-24-14-9-13-16(10-15(14)25-2)28-19(21(13)11-18(23)26-3)20-17(22)7-6-12-5-4-8-27-12/h4-10H,11H2,1-3H3/b7-6+,20-19?. The van der Waals surface area contributed by atoms with Gasteiger partial charge in [0.1, 0.15) is 6.54 Å². The van der Waals surface area contributed by atoms with Gasteiger partial charge >= 0.3 is 5.97 Å². The lowest BCUT2D eigenvalue weighted by molar-refractivity contribution is -0.141. The Morgan fingerprint density at radius 2 is 1.93 bits per heavy atom. The molecule has 2 aromatic heterocycles. The lowest BCUT2D eigenvalue weighted by Gasteiger charge is -2.08. The first kappa shape index (κ1) is 19.8. The van der Waals surface area contributed by atoms with E-state index in [4.69, 9.17) is 14.2 Å². The molecule has 1 amide bonds. The van der Waals surface area contributed by atoms with Gasteiger partial charge in [0.25, 0.3) is 5.91 Å². The summed E-state index contributed by atoms with van der Waals surface area (Å²) in [4.78, 5) is 29.7. The molecule has 28 heavy (non-hydrogen) atoms. The molecule has 0 saturated heterocycles. The Labute approximate surface area is 169 Å². The molecule has 9 heteroatoms. The number of rotatable bonds is 6. The third-order valence-corrected chi connectivity index (χ3v) is 5.72. The number of fused-ring (bicyclic) bond motifs is 1. The highest BCUT2D eigenvalue weighted by atomic mass is 32.1. The Kier molecular flexibility index (Phi) is 6.27. The molecule has 0 spiro atoms. The molecule has 1 aromatic carbocycles. The highest BCUT2D eigenvalue weighted by Crippen LogP contribution is 2.33. The van der Waals surface area contributed by atoms with E-state index in [1.165, 1.54) is 43.0 Å². The van der Waals surface area contributed by atoms with E-state index in [1.807, 2.05) is 17.5 Å². The summed E-state index contributed by atoms with van der Waals surface area (Å²) in [6.07, 6.45) is 3.11. The minimum absolute atomic E-state index is 0.0767. The zero-order valence-corrected chi connectivity index (χ0v) is 17.1. The van der Waals surface area contributed by atoms with Crippen molar-refractivity contribution in [2.24, 2.45) is 4.99 Å². The molecular formula is C19H18N2O5S2. The van der Waals surface area contributed by atoms with Gasteiger partial charge in [0.2, 0.25) is 0 Å². The van der Waals surface area contributed by atoms with Crippen molar-refractivity contribution in [3.05, 3.63) is 45.4 Å². The number of ether oxygens (including phenoxy) is 3. The van der Waals surface area contributed by atoms with E-state index in [-0.39, 0.29) is 6.54 Å². The van der Waals surface area contributed by atoms with Crippen molar-refractivity contribution in [3.8, 4) is 11.5 Å². The van der Waals surface area contributed by atoms with E-state index in [0.717, 1.165) is 9.58 Å². The summed E-state index contributed by atoms with van der Waals surface area (Å²) >= 11 is 2.80. The molecule has 0 atom stereocenters. The number of thiazole rings is 1. The summed E-state index contributed by atoms with van der Waals surface area (Å²) in [5.74, 6) is 0.203. The Morgan fingerprint density at radius 1 is 1.18 bits per heavy atom. The molecule has 0 bridgehead atoms. The molecule has 0 radical (unpaired) electrons. The molecule has 3 aromatic rings. The Hall–Kier alpha value is -2.91. The fraction of sp³-hybridized carbons (Fsp3) is 0.211. The second-order valence-electron chi connectivity index (χ2n) is 5.52. The monoisotopic (exact) mass is 418 g/mol. The number of methoxy groups -OCH3 is 3. The van der Waals surface area contributed by atoms with E-state index < -0.39 is 11.9 Å². The third-order valence-electron chi connectivity index (χ3n) is 3.84. The molecule has 0 unspecified atom stereocenters. The molecule has 0 aliphatic heterocycles. The van der Waals surface area contributed by atoms with E-state index in [0.29, 0.717) is 21.8 Å². The number of thiophene rings is 1. The summed E-state index contributed by atoms with van der Waals surface area (Å²) in [6.45, 7) is -0.0767. The highest BCUT2D eigenvalue weighted by Gasteiger charge is 2.15. The van der Waals surface area contributed by atoms with Gasteiger partial charge in [-0.3, -0.25) is 9.59 Å². The third kappa shape index (κ3) is 4.32. The lowest BCUT2D eigenvalue weighted by Crippen LogP contribution is -2.22. The quantitative estimate of drug-likeness (QED) is 0.454. The number of carbonyl (C=O) groups excluding carboxylic acids is 2. The van der Waals surface area contributed by atoms with Crippen LogP contribution in [0.1, 0.15) is 4.88 Å². The second kappa shape index (κ2) is 8.85. The maximum Gasteiger partial charge on any atom is 0.325 e. The highest BCUT2D eigenvalue weighted by molar-refractivity contribution is 7.16. The summed E-state index contributed by atoms with van der Waals surface area (Å²) in [6, 6.07) is 7.35. The van der Waals surface area contributed by atoms with Crippen molar-refractivity contribution in [1.29, 1.82) is 0 Å². The van der Waals surface area contributed by atoms with E-state index in [2.05, 4.69) is 4.99 Å².